The van der Waals surface area contributed by atoms with E-state index in [0.29, 0.717) is 37.1 Å². The molecule has 0 saturated heterocycles. The van der Waals surface area contributed by atoms with E-state index in [0.717, 1.165) is 30.6 Å². The molecule has 1 aromatic carbocycles. The second kappa shape index (κ2) is 8.82. The largest absolute Gasteiger partial charge is 0.352 e. The topological polar surface area (TPSA) is 84.3 Å². The lowest BCUT2D eigenvalue weighted by atomic mass is 10.1. The molecular formula is C21H26N4O3. The molecule has 7 heteroatoms. The Kier molecular flexibility index (Phi) is 6.23. The zero-order chi connectivity index (χ0) is 20.1. The van der Waals surface area contributed by atoms with Gasteiger partial charge in [-0.2, -0.15) is 5.10 Å². The van der Waals surface area contributed by atoms with E-state index in [-0.39, 0.29) is 17.7 Å². The second-order valence-electron chi connectivity index (χ2n) is 6.97. The Hall–Kier alpha value is -2.96. The normalized spacial score (nSPS) is 13.1. The summed E-state index contributed by atoms with van der Waals surface area (Å²) in [6, 6.07) is 6.90. The predicted octanol–water partition coefficient (Wildman–Crippen LogP) is 2.68. The van der Waals surface area contributed by atoms with Gasteiger partial charge in [-0.1, -0.05) is 18.6 Å². The van der Waals surface area contributed by atoms with E-state index < -0.39 is 0 Å². The smallest absolute Gasteiger partial charge is 0.261 e. The quantitative estimate of drug-likeness (QED) is 0.534. The van der Waals surface area contributed by atoms with Crippen molar-refractivity contribution in [3.05, 3.63) is 52.8 Å². The molecule has 0 saturated carbocycles. The molecule has 148 valence electrons. The van der Waals surface area contributed by atoms with Gasteiger partial charge in [-0.3, -0.25) is 24.0 Å². The summed E-state index contributed by atoms with van der Waals surface area (Å²) in [5.74, 6) is -0.438. The Bertz CT molecular complexity index is 853. The number of carbonyl (C=O) groups is 3. The van der Waals surface area contributed by atoms with E-state index in [4.69, 9.17) is 0 Å². The summed E-state index contributed by atoms with van der Waals surface area (Å²) in [7, 11) is 0. The Morgan fingerprint density at radius 3 is 2.36 bits per heavy atom. The first-order valence-corrected chi connectivity index (χ1v) is 9.76. The van der Waals surface area contributed by atoms with Crippen molar-refractivity contribution in [2.24, 2.45) is 0 Å². The molecule has 0 radical (unpaired) electrons. The molecule has 0 aliphatic carbocycles. The number of rotatable bonds is 9. The standard InChI is InChI=1S/C21H26N4O3/c1-3-25-15(2)16(14-23-25)13-22-19(26)11-5-4-8-12-24-20(27)17-9-6-7-10-18(17)21(24)28/h6-7,9-10,14H,3-5,8,11-13H2,1-2H3,(H,22,26). The minimum absolute atomic E-state index is 0.00405. The number of benzene rings is 1. The van der Waals surface area contributed by atoms with Gasteiger partial charge in [0.25, 0.3) is 11.8 Å². The Morgan fingerprint density at radius 2 is 1.75 bits per heavy atom. The number of amides is 3. The van der Waals surface area contributed by atoms with Crippen molar-refractivity contribution >= 4 is 17.7 Å². The van der Waals surface area contributed by atoms with E-state index in [2.05, 4.69) is 10.4 Å². The first-order chi connectivity index (χ1) is 13.5. The number of fused-ring (bicyclic) bond motifs is 1. The lowest BCUT2D eigenvalue weighted by Gasteiger charge is -2.13. The third-order valence-corrected chi connectivity index (χ3v) is 5.14. The average Bonchev–Trinajstić information content (AvgIpc) is 3.18. The molecule has 2 aromatic rings. The van der Waals surface area contributed by atoms with Crippen molar-refractivity contribution in [2.45, 2.75) is 52.6 Å². The van der Waals surface area contributed by atoms with E-state index >= 15 is 0 Å². The molecule has 0 spiro atoms. The molecule has 1 aliphatic rings. The predicted molar refractivity (Wildman–Crippen MR) is 105 cm³/mol. The van der Waals surface area contributed by atoms with Crippen molar-refractivity contribution in [1.82, 2.24) is 20.0 Å². The molecule has 7 nitrogen and oxygen atoms in total. The number of hydrogen-bond donors (Lipinski definition) is 1. The highest BCUT2D eigenvalue weighted by molar-refractivity contribution is 6.21. The summed E-state index contributed by atoms with van der Waals surface area (Å²) in [6.45, 7) is 5.72. The first kappa shape index (κ1) is 19.8. The van der Waals surface area contributed by atoms with Gasteiger partial charge in [0.2, 0.25) is 5.91 Å². The maximum atomic E-state index is 12.3. The molecule has 2 heterocycles. The highest BCUT2D eigenvalue weighted by atomic mass is 16.2. The monoisotopic (exact) mass is 382 g/mol. The molecule has 0 bridgehead atoms. The van der Waals surface area contributed by atoms with Crippen LogP contribution in [0.4, 0.5) is 0 Å². The van der Waals surface area contributed by atoms with Gasteiger partial charge in [-0.15, -0.1) is 0 Å². The maximum Gasteiger partial charge on any atom is 0.261 e. The highest BCUT2D eigenvalue weighted by Gasteiger charge is 2.34. The summed E-state index contributed by atoms with van der Waals surface area (Å²) < 4.78 is 1.90. The molecular weight excluding hydrogens is 356 g/mol. The van der Waals surface area contributed by atoms with Gasteiger partial charge in [0.15, 0.2) is 0 Å². The van der Waals surface area contributed by atoms with Gasteiger partial charge in [0, 0.05) is 37.3 Å². The van der Waals surface area contributed by atoms with Crippen LogP contribution in [0.15, 0.2) is 30.5 Å². The third kappa shape index (κ3) is 4.13. The maximum absolute atomic E-state index is 12.3. The fraction of sp³-hybridized carbons (Fsp3) is 0.429. The van der Waals surface area contributed by atoms with Crippen LogP contribution >= 0.6 is 0 Å². The fourth-order valence-electron chi connectivity index (χ4n) is 3.43. The SMILES string of the molecule is CCn1ncc(CNC(=O)CCCCCN2C(=O)c3ccccc3C2=O)c1C. The van der Waals surface area contributed by atoms with Crippen LogP contribution in [0.5, 0.6) is 0 Å². The number of nitrogens with zero attached hydrogens (tertiary/aromatic N) is 3. The van der Waals surface area contributed by atoms with E-state index in [1.807, 2.05) is 18.5 Å². The van der Waals surface area contributed by atoms with Gasteiger partial charge in [0.1, 0.15) is 0 Å². The summed E-state index contributed by atoms with van der Waals surface area (Å²) in [4.78, 5) is 37.9. The lowest BCUT2D eigenvalue weighted by Crippen LogP contribution is -2.30. The molecule has 1 aromatic heterocycles. The molecule has 3 amide bonds. The third-order valence-electron chi connectivity index (χ3n) is 5.14. The number of imide groups is 1. The summed E-state index contributed by atoms with van der Waals surface area (Å²) >= 11 is 0. The van der Waals surface area contributed by atoms with Gasteiger partial charge in [0.05, 0.1) is 17.3 Å². The van der Waals surface area contributed by atoms with Crippen LogP contribution in [0.1, 0.15) is 64.6 Å². The van der Waals surface area contributed by atoms with Gasteiger partial charge in [-0.05, 0) is 38.8 Å². The second-order valence-corrected chi connectivity index (χ2v) is 6.97. The number of carbonyl (C=O) groups excluding carboxylic acids is 3. The summed E-state index contributed by atoms with van der Waals surface area (Å²) in [6.07, 6.45) is 4.43. The van der Waals surface area contributed by atoms with E-state index in [1.54, 1.807) is 30.5 Å². The number of aryl methyl sites for hydroxylation is 1. The van der Waals surface area contributed by atoms with Crippen molar-refractivity contribution < 1.29 is 14.4 Å². The van der Waals surface area contributed by atoms with Gasteiger partial charge < -0.3 is 5.32 Å². The minimum atomic E-state index is -0.221. The molecule has 0 atom stereocenters. The van der Waals surface area contributed by atoms with Gasteiger partial charge in [-0.25, -0.2) is 0 Å². The molecule has 28 heavy (non-hydrogen) atoms. The van der Waals surface area contributed by atoms with Crippen LogP contribution in [0.3, 0.4) is 0 Å². The van der Waals surface area contributed by atoms with Crippen molar-refractivity contribution in [3.8, 4) is 0 Å². The van der Waals surface area contributed by atoms with Crippen LogP contribution in [0, 0.1) is 6.92 Å². The van der Waals surface area contributed by atoms with Crippen molar-refractivity contribution in [1.29, 1.82) is 0 Å². The summed E-state index contributed by atoms with van der Waals surface area (Å²) in [5.41, 5.74) is 3.06. The van der Waals surface area contributed by atoms with Crippen LogP contribution in [-0.4, -0.2) is 38.9 Å². The van der Waals surface area contributed by atoms with E-state index in [1.165, 1.54) is 4.90 Å². The Morgan fingerprint density at radius 1 is 1.07 bits per heavy atom. The minimum Gasteiger partial charge on any atom is -0.352 e. The Balaban J connectivity index is 1.35. The zero-order valence-electron chi connectivity index (χ0n) is 16.4. The number of nitrogens with one attached hydrogen (secondary N) is 1. The Labute approximate surface area is 164 Å². The highest BCUT2D eigenvalue weighted by Crippen LogP contribution is 2.22. The number of hydrogen-bond acceptors (Lipinski definition) is 4. The molecule has 1 aliphatic heterocycles. The van der Waals surface area contributed by atoms with Crippen LogP contribution in [0.25, 0.3) is 0 Å². The van der Waals surface area contributed by atoms with Crippen LogP contribution in [-0.2, 0) is 17.9 Å². The molecule has 0 fully saturated rings. The number of unbranched alkanes of at least 4 members (excludes halogenated alkanes) is 2. The molecule has 3 rings (SSSR count). The van der Waals surface area contributed by atoms with Crippen molar-refractivity contribution in [3.63, 3.8) is 0 Å². The van der Waals surface area contributed by atoms with E-state index in [9.17, 15) is 14.4 Å². The fourth-order valence-corrected chi connectivity index (χ4v) is 3.43. The lowest BCUT2D eigenvalue weighted by molar-refractivity contribution is -0.121. The van der Waals surface area contributed by atoms with Crippen LogP contribution in [0.2, 0.25) is 0 Å². The number of aromatic nitrogens is 2. The zero-order valence-corrected chi connectivity index (χ0v) is 16.4. The average molecular weight is 382 g/mol. The van der Waals surface area contributed by atoms with Crippen LogP contribution < -0.4 is 5.32 Å². The van der Waals surface area contributed by atoms with Gasteiger partial charge >= 0.3 is 0 Å². The molecule has 1 N–H and O–H groups in total. The summed E-state index contributed by atoms with van der Waals surface area (Å²) in [5, 5.41) is 7.19. The first-order valence-electron chi connectivity index (χ1n) is 9.76. The van der Waals surface area contributed by atoms with Crippen molar-refractivity contribution in [2.75, 3.05) is 6.54 Å². The molecule has 0 unspecified atom stereocenters.